The number of carbonyl (C=O) groups is 3. The molecule has 6 heteroatoms. The van der Waals surface area contributed by atoms with Crippen LogP contribution in [-0.2, 0) is 19.1 Å². The number of rotatable bonds is 5. The van der Waals surface area contributed by atoms with Gasteiger partial charge in [0.1, 0.15) is 6.04 Å². The fourth-order valence-electron chi connectivity index (χ4n) is 2.11. The van der Waals surface area contributed by atoms with Gasteiger partial charge in [0.2, 0.25) is 6.10 Å². The standard InChI is InChI=1S/C16H19NO5/c1-10(2)13(16(20)22-12-8-9-21-15(12)19)17-14(18)11-6-4-3-5-7-11/h3-7,10,12-13H,8-9H2,1-2H3,(H,17,18). The minimum atomic E-state index is -0.873. The first-order valence-corrected chi connectivity index (χ1v) is 7.22. The molecule has 1 aliphatic heterocycles. The van der Waals surface area contributed by atoms with Gasteiger partial charge in [-0.2, -0.15) is 0 Å². The Hall–Kier alpha value is -2.37. The fraction of sp³-hybridized carbons (Fsp3) is 0.438. The lowest BCUT2D eigenvalue weighted by Gasteiger charge is -2.22. The van der Waals surface area contributed by atoms with E-state index >= 15 is 0 Å². The molecule has 2 unspecified atom stereocenters. The minimum absolute atomic E-state index is 0.169. The zero-order valence-corrected chi connectivity index (χ0v) is 12.6. The predicted molar refractivity (Wildman–Crippen MR) is 78.0 cm³/mol. The summed E-state index contributed by atoms with van der Waals surface area (Å²) in [5, 5.41) is 2.66. The topological polar surface area (TPSA) is 81.7 Å². The first-order valence-electron chi connectivity index (χ1n) is 7.22. The summed E-state index contributed by atoms with van der Waals surface area (Å²) < 4.78 is 9.91. The van der Waals surface area contributed by atoms with Crippen LogP contribution in [0.5, 0.6) is 0 Å². The van der Waals surface area contributed by atoms with Crippen molar-refractivity contribution in [3.05, 3.63) is 35.9 Å². The van der Waals surface area contributed by atoms with Crippen LogP contribution in [0.25, 0.3) is 0 Å². The number of nitrogens with one attached hydrogen (secondary N) is 1. The van der Waals surface area contributed by atoms with Crippen LogP contribution in [0.3, 0.4) is 0 Å². The summed E-state index contributed by atoms with van der Waals surface area (Å²) in [5.41, 5.74) is 0.459. The maximum atomic E-state index is 12.2. The Morgan fingerprint density at radius 2 is 1.95 bits per heavy atom. The SMILES string of the molecule is CC(C)C(NC(=O)c1ccccc1)C(=O)OC1CCOC1=O. The minimum Gasteiger partial charge on any atom is -0.463 e. The van der Waals surface area contributed by atoms with Gasteiger partial charge in [-0.1, -0.05) is 32.0 Å². The fourth-order valence-corrected chi connectivity index (χ4v) is 2.11. The summed E-state index contributed by atoms with van der Waals surface area (Å²) >= 11 is 0. The van der Waals surface area contributed by atoms with Crippen molar-refractivity contribution in [3.8, 4) is 0 Å². The van der Waals surface area contributed by atoms with E-state index < -0.39 is 24.1 Å². The average Bonchev–Trinajstić information content (AvgIpc) is 2.90. The largest absolute Gasteiger partial charge is 0.463 e. The zero-order chi connectivity index (χ0) is 16.1. The van der Waals surface area contributed by atoms with E-state index in [0.29, 0.717) is 12.0 Å². The van der Waals surface area contributed by atoms with Crippen molar-refractivity contribution in [3.63, 3.8) is 0 Å². The molecule has 1 fully saturated rings. The lowest BCUT2D eigenvalue weighted by Crippen LogP contribution is -2.46. The van der Waals surface area contributed by atoms with E-state index in [1.165, 1.54) is 0 Å². The highest BCUT2D eigenvalue weighted by Crippen LogP contribution is 2.14. The van der Waals surface area contributed by atoms with Crippen molar-refractivity contribution in [1.29, 1.82) is 0 Å². The molecule has 1 aromatic carbocycles. The second-order valence-corrected chi connectivity index (χ2v) is 5.44. The molecular formula is C16H19NO5. The van der Waals surface area contributed by atoms with E-state index in [2.05, 4.69) is 5.32 Å². The highest BCUT2D eigenvalue weighted by atomic mass is 16.6. The molecule has 118 valence electrons. The van der Waals surface area contributed by atoms with E-state index in [0.717, 1.165) is 0 Å². The van der Waals surface area contributed by atoms with Gasteiger partial charge in [-0.25, -0.2) is 9.59 Å². The number of benzene rings is 1. The molecule has 0 radical (unpaired) electrons. The smallest absolute Gasteiger partial charge is 0.347 e. The molecule has 1 aromatic rings. The number of hydrogen-bond acceptors (Lipinski definition) is 5. The van der Waals surface area contributed by atoms with Gasteiger partial charge in [-0.15, -0.1) is 0 Å². The summed E-state index contributed by atoms with van der Waals surface area (Å²) in [6.07, 6.45) is -0.524. The van der Waals surface area contributed by atoms with Gasteiger partial charge >= 0.3 is 11.9 Å². The summed E-state index contributed by atoms with van der Waals surface area (Å²) in [6, 6.07) is 7.79. The Bertz CT molecular complexity index is 555. The van der Waals surface area contributed by atoms with Gasteiger partial charge in [-0.3, -0.25) is 4.79 Å². The predicted octanol–water partition coefficient (Wildman–Crippen LogP) is 1.30. The molecule has 22 heavy (non-hydrogen) atoms. The molecule has 1 amide bonds. The third-order valence-electron chi connectivity index (χ3n) is 3.39. The number of cyclic esters (lactones) is 1. The third-order valence-corrected chi connectivity index (χ3v) is 3.39. The summed E-state index contributed by atoms with van der Waals surface area (Å²) in [4.78, 5) is 35.7. The van der Waals surface area contributed by atoms with E-state index in [9.17, 15) is 14.4 Å². The molecule has 1 saturated heterocycles. The Labute approximate surface area is 128 Å². The summed E-state index contributed by atoms with van der Waals surface area (Å²) in [6.45, 7) is 3.84. The van der Waals surface area contributed by atoms with Crippen LogP contribution >= 0.6 is 0 Å². The van der Waals surface area contributed by atoms with Crippen molar-refractivity contribution in [2.45, 2.75) is 32.4 Å². The highest BCUT2D eigenvalue weighted by Gasteiger charge is 2.34. The average molecular weight is 305 g/mol. The van der Waals surface area contributed by atoms with E-state index in [1.807, 2.05) is 0 Å². The van der Waals surface area contributed by atoms with Gasteiger partial charge in [0.25, 0.3) is 5.91 Å². The molecule has 0 aliphatic carbocycles. The number of carbonyl (C=O) groups excluding carboxylic acids is 3. The van der Waals surface area contributed by atoms with Gasteiger partial charge in [0, 0.05) is 12.0 Å². The number of esters is 2. The van der Waals surface area contributed by atoms with Gasteiger partial charge in [0.15, 0.2) is 0 Å². The lowest BCUT2D eigenvalue weighted by molar-refractivity contribution is -0.162. The molecule has 0 aromatic heterocycles. The van der Waals surface area contributed by atoms with E-state index in [-0.39, 0.29) is 18.4 Å². The van der Waals surface area contributed by atoms with Crippen LogP contribution in [0, 0.1) is 5.92 Å². The Balaban J connectivity index is 2.01. The molecule has 0 spiro atoms. The van der Waals surface area contributed by atoms with Crippen molar-refractivity contribution in [1.82, 2.24) is 5.32 Å². The summed E-state index contributed by atoms with van der Waals surface area (Å²) in [5.74, 6) is -1.68. The quantitative estimate of drug-likeness (QED) is 0.829. The first-order chi connectivity index (χ1) is 10.5. The summed E-state index contributed by atoms with van der Waals surface area (Å²) in [7, 11) is 0. The zero-order valence-electron chi connectivity index (χ0n) is 12.6. The molecule has 0 bridgehead atoms. The Morgan fingerprint density at radius 1 is 1.27 bits per heavy atom. The molecule has 1 aliphatic rings. The van der Waals surface area contributed by atoms with Crippen LogP contribution in [-0.4, -0.2) is 36.6 Å². The van der Waals surface area contributed by atoms with Gasteiger partial charge in [0.05, 0.1) is 6.61 Å². The molecule has 2 rings (SSSR count). The first kappa shape index (κ1) is 16.0. The Kier molecular flexibility index (Phi) is 5.14. The maximum Gasteiger partial charge on any atom is 0.347 e. The van der Waals surface area contributed by atoms with Crippen LogP contribution in [0.4, 0.5) is 0 Å². The lowest BCUT2D eigenvalue weighted by atomic mass is 10.0. The molecule has 1 heterocycles. The molecule has 6 nitrogen and oxygen atoms in total. The molecule has 0 saturated carbocycles. The van der Waals surface area contributed by atoms with Gasteiger partial charge < -0.3 is 14.8 Å². The number of amides is 1. The van der Waals surface area contributed by atoms with Crippen LogP contribution < -0.4 is 5.32 Å². The maximum absolute atomic E-state index is 12.2. The van der Waals surface area contributed by atoms with E-state index in [4.69, 9.17) is 9.47 Å². The molecule has 1 N–H and O–H groups in total. The van der Waals surface area contributed by atoms with Crippen molar-refractivity contribution in [2.75, 3.05) is 6.61 Å². The van der Waals surface area contributed by atoms with Crippen molar-refractivity contribution >= 4 is 17.8 Å². The molecule has 2 atom stereocenters. The number of ether oxygens (including phenoxy) is 2. The van der Waals surface area contributed by atoms with Gasteiger partial charge in [-0.05, 0) is 18.1 Å². The van der Waals surface area contributed by atoms with Crippen molar-refractivity contribution < 1.29 is 23.9 Å². The molecular weight excluding hydrogens is 286 g/mol. The van der Waals surface area contributed by atoms with Crippen LogP contribution in [0.2, 0.25) is 0 Å². The Morgan fingerprint density at radius 3 is 2.50 bits per heavy atom. The van der Waals surface area contributed by atoms with Crippen molar-refractivity contribution in [2.24, 2.45) is 5.92 Å². The highest BCUT2D eigenvalue weighted by molar-refractivity contribution is 5.97. The monoisotopic (exact) mass is 305 g/mol. The number of hydrogen-bond donors (Lipinski definition) is 1. The van der Waals surface area contributed by atoms with E-state index in [1.54, 1.807) is 44.2 Å². The third kappa shape index (κ3) is 3.84. The second kappa shape index (κ2) is 7.06. The normalized spacial score (nSPS) is 18.7. The van der Waals surface area contributed by atoms with Crippen LogP contribution in [0.15, 0.2) is 30.3 Å². The second-order valence-electron chi connectivity index (χ2n) is 5.44. The van der Waals surface area contributed by atoms with Crippen LogP contribution in [0.1, 0.15) is 30.6 Å².